The lowest BCUT2D eigenvalue weighted by atomic mass is 10.0. The molecule has 0 aromatic heterocycles. The number of hydrogen-bond acceptors (Lipinski definition) is 5. The van der Waals surface area contributed by atoms with Gasteiger partial charge < -0.3 is 19.9 Å². The Morgan fingerprint density at radius 2 is 1.88 bits per heavy atom. The van der Waals surface area contributed by atoms with Crippen LogP contribution < -0.4 is 10.1 Å². The zero-order chi connectivity index (χ0) is 17.8. The highest BCUT2D eigenvalue weighted by Crippen LogP contribution is 2.21. The summed E-state index contributed by atoms with van der Waals surface area (Å²) in [6.45, 7) is 3.15. The SMILES string of the molecule is COc1cc(C(=O)O)cc(C(=O)N[C@H]2COC[C@@H]2N2CCCCC2)c1. The van der Waals surface area contributed by atoms with Crippen LogP contribution in [0.5, 0.6) is 5.75 Å². The highest BCUT2D eigenvalue weighted by Gasteiger charge is 2.34. The molecule has 0 aliphatic carbocycles. The summed E-state index contributed by atoms with van der Waals surface area (Å²) >= 11 is 0. The molecule has 1 amide bonds. The standard InChI is InChI=1S/C18H24N2O5/c1-24-14-8-12(7-13(9-14)18(22)23)17(21)19-15-10-25-11-16(15)20-5-3-2-4-6-20/h7-9,15-16H,2-6,10-11H2,1H3,(H,19,21)(H,22,23)/t15-,16-/m0/s1. The molecule has 3 rings (SSSR count). The van der Waals surface area contributed by atoms with Crippen LogP contribution in [0.2, 0.25) is 0 Å². The van der Waals surface area contributed by atoms with Gasteiger partial charge in [0, 0.05) is 5.56 Å². The van der Waals surface area contributed by atoms with E-state index in [1.54, 1.807) is 6.07 Å². The number of rotatable bonds is 5. The van der Waals surface area contributed by atoms with E-state index >= 15 is 0 Å². The van der Waals surface area contributed by atoms with Crippen molar-refractivity contribution in [3.05, 3.63) is 29.3 Å². The van der Waals surface area contributed by atoms with Gasteiger partial charge in [-0.25, -0.2) is 4.79 Å². The van der Waals surface area contributed by atoms with Gasteiger partial charge in [-0.2, -0.15) is 0 Å². The van der Waals surface area contributed by atoms with Gasteiger partial charge in [0.25, 0.3) is 5.91 Å². The van der Waals surface area contributed by atoms with Crippen LogP contribution in [-0.4, -0.2) is 67.4 Å². The highest BCUT2D eigenvalue weighted by atomic mass is 16.5. The molecular weight excluding hydrogens is 324 g/mol. The van der Waals surface area contributed by atoms with Gasteiger partial charge in [-0.15, -0.1) is 0 Å². The highest BCUT2D eigenvalue weighted by molar-refractivity contribution is 5.98. The second-order valence-electron chi connectivity index (χ2n) is 6.54. The predicted molar refractivity (Wildman–Crippen MR) is 91.2 cm³/mol. The fourth-order valence-electron chi connectivity index (χ4n) is 3.51. The summed E-state index contributed by atoms with van der Waals surface area (Å²) in [7, 11) is 1.44. The van der Waals surface area contributed by atoms with Crippen LogP contribution in [0, 0.1) is 0 Å². The number of aromatic carboxylic acids is 1. The third-order valence-electron chi connectivity index (χ3n) is 4.88. The summed E-state index contributed by atoms with van der Waals surface area (Å²) in [5, 5.41) is 12.2. The topological polar surface area (TPSA) is 88.1 Å². The molecule has 2 saturated heterocycles. The van der Waals surface area contributed by atoms with Crippen LogP contribution in [0.1, 0.15) is 40.0 Å². The van der Waals surface area contributed by atoms with Crippen molar-refractivity contribution >= 4 is 11.9 Å². The molecule has 2 atom stereocenters. The van der Waals surface area contributed by atoms with E-state index in [1.807, 2.05) is 0 Å². The Morgan fingerprint density at radius 1 is 1.16 bits per heavy atom. The largest absolute Gasteiger partial charge is 0.497 e. The number of likely N-dealkylation sites (tertiary alicyclic amines) is 1. The molecule has 2 N–H and O–H groups in total. The van der Waals surface area contributed by atoms with E-state index in [-0.39, 0.29) is 29.1 Å². The number of carboxylic acid groups (broad SMARTS) is 1. The van der Waals surface area contributed by atoms with Crippen molar-refractivity contribution < 1.29 is 24.2 Å². The lowest BCUT2D eigenvalue weighted by Crippen LogP contribution is -2.52. The van der Waals surface area contributed by atoms with E-state index in [4.69, 9.17) is 9.47 Å². The molecule has 0 radical (unpaired) electrons. The van der Waals surface area contributed by atoms with Crippen molar-refractivity contribution in [2.24, 2.45) is 0 Å². The number of nitrogens with zero attached hydrogens (tertiary/aromatic N) is 1. The van der Waals surface area contributed by atoms with Gasteiger partial charge >= 0.3 is 5.97 Å². The first-order chi connectivity index (χ1) is 12.1. The fourth-order valence-corrected chi connectivity index (χ4v) is 3.51. The van der Waals surface area contributed by atoms with Crippen molar-refractivity contribution in [3.63, 3.8) is 0 Å². The summed E-state index contributed by atoms with van der Waals surface area (Å²) in [5.41, 5.74) is 0.306. The molecule has 0 bridgehead atoms. The maximum atomic E-state index is 12.6. The average molecular weight is 348 g/mol. The Bertz CT molecular complexity index is 642. The Labute approximate surface area is 146 Å². The first-order valence-electron chi connectivity index (χ1n) is 8.63. The number of methoxy groups -OCH3 is 1. The van der Waals surface area contributed by atoms with Crippen LogP contribution in [0.25, 0.3) is 0 Å². The van der Waals surface area contributed by atoms with E-state index < -0.39 is 5.97 Å². The van der Waals surface area contributed by atoms with Gasteiger partial charge in [0.15, 0.2) is 0 Å². The summed E-state index contributed by atoms with van der Waals surface area (Å²) in [5.74, 6) is -1.05. The van der Waals surface area contributed by atoms with Crippen LogP contribution in [0.3, 0.4) is 0 Å². The van der Waals surface area contributed by atoms with Crippen molar-refractivity contribution in [3.8, 4) is 5.75 Å². The predicted octanol–water partition coefficient (Wildman–Crippen LogP) is 1.38. The maximum absolute atomic E-state index is 12.6. The summed E-state index contributed by atoms with van der Waals surface area (Å²) in [6, 6.07) is 4.40. The van der Waals surface area contributed by atoms with Gasteiger partial charge in [-0.3, -0.25) is 9.69 Å². The quantitative estimate of drug-likeness (QED) is 0.836. The first-order valence-corrected chi connectivity index (χ1v) is 8.63. The van der Waals surface area contributed by atoms with Gasteiger partial charge in [0.05, 0.1) is 38.0 Å². The number of ether oxygens (including phenoxy) is 2. The fraction of sp³-hybridized carbons (Fsp3) is 0.556. The number of benzene rings is 1. The number of piperidine rings is 1. The molecule has 2 fully saturated rings. The Balaban J connectivity index is 1.72. The average Bonchev–Trinajstić information content (AvgIpc) is 3.10. The number of carboxylic acids is 1. The minimum Gasteiger partial charge on any atom is -0.497 e. The van der Waals surface area contributed by atoms with E-state index in [2.05, 4.69) is 10.2 Å². The van der Waals surface area contributed by atoms with Crippen LogP contribution in [0.15, 0.2) is 18.2 Å². The minimum absolute atomic E-state index is 0.0275. The van der Waals surface area contributed by atoms with E-state index in [0.29, 0.717) is 19.0 Å². The molecule has 25 heavy (non-hydrogen) atoms. The smallest absolute Gasteiger partial charge is 0.335 e. The van der Waals surface area contributed by atoms with Crippen molar-refractivity contribution in [1.29, 1.82) is 0 Å². The summed E-state index contributed by atoms with van der Waals surface area (Å²) in [6.07, 6.45) is 3.60. The van der Waals surface area contributed by atoms with E-state index in [1.165, 1.54) is 38.5 Å². The molecule has 1 aromatic carbocycles. The lowest BCUT2D eigenvalue weighted by molar-refractivity contribution is 0.0696. The molecule has 2 aliphatic heterocycles. The molecule has 7 heteroatoms. The van der Waals surface area contributed by atoms with Gasteiger partial charge in [-0.05, 0) is 44.1 Å². The zero-order valence-electron chi connectivity index (χ0n) is 14.4. The number of carbonyl (C=O) groups is 2. The molecule has 7 nitrogen and oxygen atoms in total. The van der Waals surface area contributed by atoms with Crippen LogP contribution in [0.4, 0.5) is 0 Å². The minimum atomic E-state index is -1.09. The van der Waals surface area contributed by atoms with Crippen molar-refractivity contribution in [2.45, 2.75) is 31.3 Å². The molecule has 1 aromatic rings. The molecule has 136 valence electrons. The molecular formula is C18H24N2O5. The van der Waals surface area contributed by atoms with E-state index in [9.17, 15) is 14.7 Å². The second-order valence-corrected chi connectivity index (χ2v) is 6.54. The molecule has 2 heterocycles. The molecule has 2 aliphatic rings. The summed E-state index contributed by atoms with van der Waals surface area (Å²) < 4.78 is 10.7. The zero-order valence-corrected chi connectivity index (χ0v) is 14.4. The summed E-state index contributed by atoms with van der Waals surface area (Å²) in [4.78, 5) is 26.3. The first kappa shape index (κ1) is 17.7. The number of amides is 1. The van der Waals surface area contributed by atoms with Gasteiger partial charge in [0.1, 0.15) is 5.75 Å². The normalized spacial score (nSPS) is 24.0. The second kappa shape index (κ2) is 7.84. The van der Waals surface area contributed by atoms with Crippen molar-refractivity contribution in [2.75, 3.05) is 33.4 Å². The number of carbonyl (C=O) groups excluding carboxylic acids is 1. The van der Waals surface area contributed by atoms with Crippen LogP contribution >= 0.6 is 0 Å². The third-order valence-corrected chi connectivity index (χ3v) is 4.88. The number of hydrogen-bond donors (Lipinski definition) is 2. The lowest BCUT2D eigenvalue weighted by Gasteiger charge is -2.34. The Morgan fingerprint density at radius 3 is 2.56 bits per heavy atom. The molecule has 0 saturated carbocycles. The molecule has 0 spiro atoms. The number of nitrogens with one attached hydrogen (secondary N) is 1. The van der Waals surface area contributed by atoms with E-state index in [0.717, 1.165) is 13.1 Å². The third kappa shape index (κ3) is 4.11. The maximum Gasteiger partial charge on any atom is 0.335 e. The van der Waals surface area contributed by atoms with Gasteiger partial charge in [0.2, 0.25) is 0 Å². The van der Waals surface area contributed by atoms with Crippen LogP contribution in [-0.2, 0) is 4.74 Å². The Hall–Kier alpha value is -2.12. The molecule has 0 unspecified atom stereocenters. The van der Waals surface area contributed by atoms with Crippen molar-refractivity contribution in [1.82, 2.24) is 10.2 Å². The van der Waals surface area contributed by atoms with Gasteiger partial charge in [-0.1, -0.05) is 6.42 Å². The Kier molecular flexibility index (Phi) is 5.55. The monoisotopic (exact) mass is 348 g/mol.